The molecule has 2 aromatic carbocycles. The number of hydrogen-bond acceptors (Lipinski definition) is 5. The van der Waals surface area contributed by atoms with Crippen LogP contribution < -0.4 is 29.6 Å². The van der Waals surface area contributed by atoms with Crippen LogP contribution in [0.3, 0.4) is 0 Å². The van der Waals surface area contributed by atoms with Crippen molar-refractivity contribution in [2.24, 2.45) is 0 Å². The molecule has 7 heteroatoms. The van der Waals surface area contributed by atoms with Crippen LogP contribution >= 0.6 is 12.2 Å². The smallest absolute Gasteiger partial charge is 0.203 e. The summed E-state index contributed by atoms with van der Waals surface area (Å²) in [4.78, 5) is 0. The number of ether oxygens (including phenoxy) is 4. The summed E-state index contributed by atoms with van der Waals surface area (Å²) in [6.45, 7) is 2.58. The van der Waals surface area contributed by atoms with Crippen molar-refractivity contribution < 1.29 is 18.9 Å². The molecule has 0 aliphatic rings. The topological polar surface area (TPSA) is 61.0 Å². The van der Waals surface area contributed by atoms with E-state index in [4.69, 9.17) is 31.2 Å². The van der Waals surface area contributed by atoms with Gasteiger partial charge in [0.15, 0.2) is 16.6 Å². The Morgan fingerprint density at radius 3 is 1.92 bits per heavy atom. The van der Waals surface area contributed by atoms with Crippen molar-refractivity contribution in [2.75, 3.05) is 38.6 Å². The van der Waals surface area contributed by atoms with E-state index in [1.165, 1.54) is 0 Å². The fraction of sp³-hybridized carbons (Fsp3) is 0.278. The number of anilines is 2. The van der Waals surface area contributed by atoms with Gasteiger partial charge in [-0.1, -0.05) is 0 Å². The van der Waals surface area contributed by atoms with Crippen LogP contribution in [-0.4, -0.2) is 33.0 Å². The van der Waals surface area contributed by atoms with Crippen molar-refractivity contribution >= 4 is 28.7 Å². The van der Waals surface area contributed by atoms with Crippen LogP contribution in [0.25, 0.3) is 0 Å². The zero-order valence-corrected chi connectivity index (χ0v) is 15.5. The lowest BCUT2D eigenvalue weighted by molar-refractivity contribution is 0.324. The Morgan fingerprint density at radius 2 is 1.44 bits per heavy atom. The molecule has 0 saturated heterocycles. The van der Waals surface area contributed by atoms with E-state index in [2.05, 4.69) is 10.6 Å². The average molecular weight is 362 g/mol. The standard InChI is InChI=1S/C18H22N2O4S/c1-5-24-14-8-6-12(7-9-14)19-18(25)20-13-10-15(21-2)17(23-4)16(11-13)22-3/h6-11H,5H2,1-4H3,(H2,19,20,25). The summed E-state index contributed by atoms with van der Waals surface area (Å²) in [7, 11) is 4.70. The molecule has 0 aliphatic carbocycles. The minimum atomic E-state index is 0.443. The monoisotopic (exact) mass is 362 g/mol. The zero-order chi connectivity index (χ0) is 18.2. The van der Waals surface area contributed by atoms with Gasteiger partial charge >= 0.3 is 0 Å². The molecule has 2 N–H and O–H groups in total. The third-order valence-corrected chi connectivity index (χ3v) is 3.55. The van der Waals surface area contributed by atoms with Crippen molar-refractivity contribution in [1.82, 2.24) is 0 Å². The summed E-state index contributed by atoms with van der Waals surface area (Å²) in [5.74, 6) is 2.44. The van der Waals surface area contributed by atoms with E-state index in [-0.39, 0.29) is 0 Å². The van der Waals surface area contributed by atoms with Crippen LogP contribution in [0.1, 0.15) is 6.92 Å². The van der Waals surface area contributed by atoms with Crippen molar-refractivity contribution in [1.29, 1.82) is 0 Å². The average Bonchev–Trinajstić information content (AvgIpc) is 2.62. The number of benzene rings is 2. The number of methoxy groups -OCH3 is 3. The van der Waals surface area contributed by atoms with Crippen LogP contribution in [-0.2, 0) is 0 Å². The quantitative estimate of drug-likeness (QED) is 0.724. The molecule has 6 nitrogen and oxygen atoms in total. The molecule has 134 valence electrons. The largest absolute Gasteiger partial charge is 0.494 e. The fourth-order valence-corrected chi connectivity index (χ4v) is 2.48. The first-order valence-electron chi connectivity index (χ1n) is 7.72. The predicted octanol–water partition coefficient (Wildman–Crippen LogP) is 3.92. The van der Waals surface area contributed by atoms with Crippen molar-refractivity contribution in [3.63, 3.8) is 0 Å². The van der Waals surface area contributed by atoms with Gasteiger partial charge in [0.25, 0.3) is 0 Å². The molecule has 0 bridgehead atoms. The maximum Gasteiger partial charge on any atom is 0.203 e. The molecule has 0 radical (unpaired) electrons. The first-order valence-corrected chi connectivity index (χ1v) is 8.13. The molecule has 0 amide bonds. The zero-order valence-electron chi connectivity index (χ0n) is 14.7. The van der Waals surface area contributed by atoms with Gasteiger partial charge < -0.3 is 29.6 Å². The first-order chi connectivity index (χ1) is 12.1. The van der Waals surface area contributed by atoms with Crippen LogP contribution in [0.4, 0.5) is 11.4 Å². The molecule has 0 unspecified atom stereocenters. The highest BCUT2D eigenvalue weighted by Crippen LogP contribution is 2.39. The van der Waals surface area contributed by atoms with Gasteiger partial charge in [0.1, 0.15) is 5.75 Å². The molecule has 2 rings (SSSR count). The van der Waals surface area contributed by atoms with E-state index < -0.39 is 0 Å². The van der Waals surface area contributed by atoms with Gasteiger partial charge in [-0.25, -0.2) is 0 Å². The molecule has 0 fully saturated rings. The van der Waals surface area contributed by atoms with E-state index in [1.54, 1.807) is 33.5 Å². The maximum atomic E-state index is 5.42. The highest BCUT2D eigenvalue weighted by Gasteiger charge is 2.13. The molecule has 0 saturated carbocycles. The minimum absolute atomic E-state index is 0.443. The highest BCUT2D eigenvalue weighted by atomic mass is 32.1. The third-order valence-electron chi connectivity index (χ3n) is 3.35. The second-order valence-electron chi connectivity index (χ2n) is 4.95. The van der Waals surface area contributed by atoms with Crippen LogP contribution in [0.15, 0.2) is 36.4 Å². The summed E-state index contributed by atoms with van der Waals surface area (Å²) in [6.07, 6.45) is 0. The Balaban J connectivity index is 2.09. The molecule has 25 heavy (non-hydrogen) atoms. The Bertz CT molecular complexity index is 695. The van der Waals surface area contributed by atoms with Gasteiger partial charge in [0.2, 0.25) is 5.75 Å². The van der Waals surface area contributed by atoms with Gasteiger partial charge in [0.05, 0.1) is 27.9 Å². The SMILES string of the molecule is CCOc1ccc(NC(=S)Nc2cc(OC)c(OC)c(OC)c2)cc1. The molecule has 0 spiro atoms. The third kappa shape index (κ3) is 4.90. The van der Waals surface area contributed by atoms with Crippen LogP contribution in [0.2, 0.25) is 0 Å². The van der Waals surface area contributed by atoms with E-state index in [0.29, 0.717) is 29.0 Å². The van der Waals surface area contributed by atoms with E-state index in [9.17, 15) is 0 Å². The second-order valence-corrected chi connectivity index (χ2v) is 5.36. The lowest BCUT2D eigenvalue weighted by atomic mass is 10.2. The maximum absolute atomic E-state index is 5.42. The van der Waals surface area contributed by atoms with Crippen molar-refractivity contribution in [3.8, 4) is 23.0 Å². The molecule has 2 aromatic rings. The van der Waals surface area contributed by atoms with Gasteiger partial charge in [0, 0.05) is 23.5 Å². The Labute approximate surface area is 153 Å². The number of nitrogens with one attached hydrogen (secondary N) is 2. The van der Waals surface area contributed by atoms with E-state index >= 15 is 0 Å². The molecular formula is C18H22N2O4S. The fourth-order valence-electron chi connectivity index (χ4n) is 2.25. The van der Waals surface area contributed by atoms with Crippen molar-refractivity contribution in [3.05, 3.63) is 36.4 Å². The summed E-state index contributed by atoms with van der Waals surface area (Å²) in [5, 5.41) is 6.66. The lowest BCUT2D eigenvalue weighted by Crippen LogP contribution is -2.19. The number of rotatable bonds is 7. The van der Waals surface area contributed by atoms with E-state index in [1.807, 2.05) is 31.2 Å². The molecular weight excluding hydrogens is 340 g/mol. The van der Waals surface area contributed by atoms with E-state index in [0.717, 1.165) is 17.1 Å². The predicted molar refractivity (Wildman–Crippen MR) is 104 cm³/mol. The second kappa shape index (κ2) is 8.98. The molecule has 0 atom stereocenters. The molecule has 0 aromatic heterocycles. The lowest BCUT2D eigenvalue weighted by Gasteiger charge is -2.16. The highest BCUT2D eigenvalue weighted by molar-refractivity contribution is 7.80. The summed E-state index contributed by atoms with van der Waals surface area (Å²) in [6, 6.07) is 11.1. The van der Waals surface area contributed by atoms with Gasteiger partial charge in [-0.3, -0.25) is 0 Å². The number of thiocarbonyl (C=S) groups is 1. The summed E-state index contributed by atoms with van der Waals surface area (Å²) in [5.41, 5.74) is 1.58. The van der Waals surface area contributed by atoms with Crippen LogP contribution in [0.5, 0.6) is 23.0 Å². The normalized spacial score (nSPS) is 9.92. The van der Waals surface area contributed by atoms with Crippen LogP contribution in [0, 0.1) is 0 Å². The van der Waals surface area contributed by atoms with Gasteiger partial charge in [-0.2, -0.15) is 0 Å². The summed E-state index contributed by atoms with van der Waals surface area (Å²) >= 11 is 5.36. The Morgan fingerprint density at radius 1 is 0.880 bits per heavy atom. The first kappa shape index (κ1) is 18.7. The Hall–Kier alpha value is -2.67. The molecule has 0 heterocycles. The summed E-state index contributed by atoms with van der Waals surface area (Å²) < 4.78 is 21.4. The number of hydrogen-bond donors (Lipinski definition) is 2. The van der Waals surface area contributed by atoms with Crippen molar-refractivity contribution in [2.45, 2.75) is 6.92 Å². The minimum Gasteiger partial charge on any atom is -0.494 e. The van der Waals surface area contributed by atoms with Gasteiger partial charge in [-0.15, -0.1) is 0 Å². The van der Waals surface area contributed by atoms with Gasteiger partial charge in [-0.05, 0) is 43.4 Å². The Kier molecular flexibility index (Phi) is 6.71. The molecule has 0 aliphatic heterocycles.